The van der Waals surface area contributed by atoms with Gasteiger partial charge in [0.1, 0.15) is 5.75 Å². The number of methoxy groups -OCH3 is 1. The molecule has 2 aliphatic rings. The third kappa shape index (κ3) is 2.62. The zero-order valence-electron chi connectivity index (χ0n) is 13.5. The fraction of sp³-hybridized carbons (Fsp3) is 0.421. The van der Waals surface area contributed by atoms with E-state index in [0.29, 0.717) is 0 Å². The van der Waals surface area contributed by atoms with E-state index in [1.165, 1.54) is 16.7 Å². The van der Waals surface area contributed by atoms with Crippen LogP contribution in [-0.4, -0.2) is 49.8 Å². The van der Waals surface area contributed by atoms with Crippen LogP contribution in [0.25, 0.3) is 11.1 Å². The minimum atomic E-state index is 0.145. The van der Waals surface area contributed by atoms with Crippen LogP contribution in [0.5, 0.6) is 5.75 Å². The molecule has 4 heteroatoms. The van der Waals surface area contributed by atoms with Gasteiger partial charge in [0.2, 0.25) is 0 Å². The van der Waals surface area contributed by atoms with Crippen molar-refractivity contribution in [1.29, 1.82) is 0 Å². The molecule has 0 unspecified atom stereocenters. The summed E-state index contributed by atoms with van der Waals surface area (Å²) in [5, 5.41) is 0. The van der Waals surface area contributed by atoms with Gasteiger partial charge < -0.3 is 9.47 Å². The van der Waals surface area contributed by atoms with Crippen molar-refractivity contribution in [2.45, 2.75) is 11.8 Å². The van der Waals surface area contributed by atoms with Crippen LogP contribution in [0.2, 0.25) is 0 Å². The van der Waals surface area contributed by atoms with Gasteiger partial charge in [0.25, 0.3) is 0 Å². The van der Waals surface area contributed by atoms with Crippen LogP contribution in [0.3, 0.4) is 0 Å². The second-order valence-electron chi connectivity index (χ2n) is 6.53. The highest BCUT2D eigenvalue weighted by molar-refractivity contribution is 5.66. The lowest BCUT2D eigenvalue weighted by Gasteiger charge is -2.23. The Morgan fingerprint density at radius 1 is 1.22 bits per heavy atom. The number of fused-ring (bicyclic) bond motifs is 2. The number of likely N-dealkylation sites (tertiary alicyclic amines) is 1. The minimum Gasteiger partial charge on any atom is -0.492 e. The summed E-state index contributed by atoms with van der Waals surface area (Å²) in [5.74, 6) is 1.05. The zero-order chi connectivity index (χ0) is 15.7. The van der Waals surface area contributed by atoms with Crippen molar-refractivity contribution < 1.29 is 9.47 Å². The Hall–Kier alpha value is -1.91. The summed E-state index contributed by atoms with van der Waals surface area (Å²) in [6.45, 7) is 4.76. The third-order valence-electron chi connectivity index (χ3n) is 5.11. The topological polar surface area (TPSA) is 34.6 Å². The maximum Gasteiger partial charge on any atom is 0.123 e. The molecule has 4 nitrogen and oxygen atoms in total. The molecule has 4 rings (SSSR count). The fourth-order valence-corrected chi connectivity index (χ4v) is 3.80. The molecular weight excluding hydrogens is 288 g/mol. The minimum absolute atomic E-state index is 0.145. The van der Waals surface area contributed by atoms with Crippen LogP contribution in [0.1, 0.15) is 12.0 Å². The molecular formula is C19H22N2O2. The standard InChI is InChI=1S/C19H22N2O2/c1-22-11-10-21-9-6-19(13-21)14-23-18-3-2-16(12-17(18)19)15-4-7-20-8-5-15/h2-5,7-8,12H,6,9-11,13-14H2,1H3/t19-/m1/s1. The second-order valence-corrected chi connectivity index (χ2v) is 6.53. The Kier molecular flexibility index (Phi) is 3.79. The van der Waals surface area contributed by atoms with Gasteiger partial charge in [-0.25, -0.2) is 0 Å². The zero-order valence-corrected chi connectivity index (χ0v) is 13.5. The van der Waals surface area contributed by atoms with Crippen LogP contribution in [0.4, 0.5) is 0 Å². The summed E-state index contributed by atoms with van der Waals surface area (Å²) in [6.07, 6.45) is 4.84. The van der Waals surface area contributed by atoms with E-state index in [4.69, 9.17) is 9.47 Å². The fourth-order valence-electron chi connectivity index (χ4n) is 3.80. The van der Waals surface area contributed by atoms with Gasteiger partial charge in [0, 0.05) is 43.6 Å². The van der Waals surface area contributed by atoms with Crippen molar-refractivity contribution >= 4 is 0 Å². The number of rotatable bonds is 4. The number of benzene rings is 1. The summed E-state index contributed by atoms with van der Waals surface area (Å²) in [6, 6.07) is 10.7. The SMILES string of the molecule is COCCN1CC[C@]2(COc3ccc(-c4ccncc4)cc32)C1. The van der Waals surface area contributed by atoms with Crippen molar-refractivity contribution in [3.63, 3.8) is 0 Å². The molecule has 0 radical (unpaired) electrons. The van der Waals surface area contributed by atoms with Crippen LogP contribution < -0.4 is 4.74 Å². The predicted molar refractivity (Wildman–Crippen MR) is 89.8 cm³/mol. The maximum atomic E-state index is 6.01. The van der Waals surface area contributed by atoms with Crippen LogP contribution in [-0.2, 0) is 10.2 Å². The van der Waals surface area contributed by atoms with Gasteiger partial charge in [-0.05, 0) is 48.4 Å². The van der Waals surface area contributed by atoms with Gasteiger partial charge in [-0.1, -0.05) is 6.07 Å². The average Bonchev–Trinajstić information content (AvgIpc) is 3.19. The van der Waals surface area contributed by atoms with E-state index in [2.05, 4.69) is 40.2 Å². The Morgan fingerprint density at radius 3 is 2.91 bits per heavy atom. The predicted octanol–water partition coefficient (Wildman–Crippen LogP) is 2.73. The highest BCUT2D eigenvalue weighted by Gasteiger charge is 2.45. The van der Waals surface area contributed by atoms with Crippen molar-refractivity contribution in [2.75, 3.05) is 40.0 Å². The molecule has 1 atom stereocenters. The van der Waals surface area contributed by atoms with Gasteiger partial charge in [0.05, 0.1) is 13.2 Å². The number of ether oxygens (including phenoxy) is 2. The first-order valence-corrected chi connectivity index (χ1v) is 8.20. The van der Waals surface area contributed by atoms with E-state index in [-0.39, 0.29) is 5.41 Å². The second kappa shape index (κ2) is 5.95. The van der Waals surface area contributed by atoms with Gasteiger partial charge >= 0.3 is 0 Å². The smallest absolute Gasteiger partial charge is 0.123 e. The quantitative estimate of drug-likeness (QED) is 0.870. The molecule has 23 heavy (non-hydrogen) atoms. The number of aromatic nitrogens is 1. The lowest BCUT2D eigenvalue weighted by molar-refractivity contribution is 0.155. The van der Waals surface area contributed by atoms with Crippen molar-refractivity contribution in [3.05, 3.63) is 48.3 Å². The molecule has 3 heterocycles. The van der Waals surface area contributed by atoms with E-state index < -0.39 is 0 Å². The lowest BCUT2D eigenvalue weighted by atomic mass is 9.80. The van der Waals surface area contributed by atoms with Crippen molar-refractivity contribution in [1.82, 2.24) is 9.88 Å². The highest BCUT2D eigenvalue weighted by atomic mass is 16.5. The molecule has 0 bridgehead atoms. The van der Waals surface area contributed by atoms with Crippen molar-refractivity contribution in [2.24, 2.45) is 0 Å². The Labute approximate surface area is 137 Å². The van der Waals surface area contributed by atoms with Crippen molar-refractivity contribution in [3.8, 4) is 16.9 Å². The van der Waals surface area contributed by atoms with E-state index in [1.54, 1.807) is 7.11 Å². The molecule has 1 spiro atoms. The van der Waals surface area contributed by atoms with Gasteiger partial charge in [-0.2, -0.15) is 0 Å². The van der Waals surface area contributed by atoms with Gasteiger partial charge in [0.15, 0.2) is 0 Å². The van der Waals surface area contributed by atoms with E-state index in [1.807, 2.05) is 12.4 Å². The number of pyridine rings is 1. The van der Waals surface area contributed by atoms with Crippen LogP contribution >= 0.6 is 0 Å². The number of hydrogen-bond acceptors (Lipinski definition) is 4. The molecule has 1 fully saturated rings. The monoisotopic (exact) mass is 310 g/mol. The number of nitrogens with zero attached hydrogens (tertiary/aromatic N) is 2. The Balaban J connectivity index is 1.63. The molecule has 0 saturated carbocycles. The first kappa shape index (κ1) is 14.7. The van der Waals surface area contributed by atoms with E-state index >= 15 is 0 Å². The highest BCUT2D eigenvalue weighted by Crippen LogP contribution is 2.46. The molecule has 1 saturated heterocycles. The summed E-state index contributed by atoms with van der Waals surface area (Å²) >= 11 is 0. The normalized spacial score (nSPS) is 23.2. The summed E-state index contributed by atoms with van der Waals surface area (Å²) in [7, 11) is 1.76. The lowest BCUT2D eigenvalue weighted by Crippen LogP contribution is -2.33. The van der Waals surface area contributed by atoms with Gasteiger partial charge in [-0.3, -0.25) is 9.88 Å². The average molecular weight is 310 g/mol. The first-order valence-electron chi connectivity index (χ1n) is 8.20. The molecule has 0 aliphatic carbocycles. The summed E-state index contributed by atoms with van der Waals surface area (Å²) < 4.78 is 11.2. The molecule has 2 aromatic rings. The van der Waals surface area contributed by atoms with E-state index in [0.717, 1.165) is 45.0 Å². The molecule has 1 aromatic carbocycles. The maximum absolute atomic E-state index is 6.01. The number of hydrogen-bond donors (Lipinski definition) is 0. The van der Waals surface area contributed by atoms with E-state index in [9.17, 15) is 0 Å². The molecule has 2 aliphatic heterocycles. The summed E-state index contributed by atoms with van der Waals surface area (Å²) in [5.41, 5.74) is 3.96. The first-order chi connectivity index (χ1) is 11.3. The van der Waals surface area contributed by atoms with Crippen LogP contribution in [0, 0.1) is 0 Å². The third-order valence-corrected chi connectivity index (χ3v) is 5.11. The Bertz CT molecular complexity index is 689. The molecule has 0 amide bonds. The molecule has 120 valence electrons. The van der Waals surface area contributed by atoms with Crippen LogP contribution in [0.15, 0.2) is 42.7 Å². The van der Waals surface area contributed by atoms with Gasteiger partial charge in [-0.15, -0.1) is 0 Å². The Morgan fingerprint density at radius 2 is 2.09 bits per heavy atom. The molecule has 0 N–H and O–H groups in total. The molecule has 1 aromatic heterocycles. The largest absolute Gasteiger partial charge is 0.492 e. The summed E-state index contributed by atoms with van der Waals surface area (Å²) in [4.78, 5) is 6.60.